The minimum absolute atomic E-state index is 0.0622. The van der Waals surface area contributed by atoms with Crippen LogP contribution in [-0.2, 0) is 16.0 Å². The molecule has 27 heavy (non-hydrogen) atoms. The molecule has 0 spiro atoms. The van der Waals surface area contributed by atoms with Crippen molar-refractivity contribution >= 4 is 51.6 Å². The number of rotatable bonds is 6. The van der Waals surface area contributed by atoms with Gasteiger partial charge in [-0.2, -0.15) is 0 Å². The lowest BCUT2D eigenvalue weighted by molar-refractivity contribution is -0.120. The number of hydrogen-bond donors (Lipinski definition) is 2. The normalized spacial score (nSPS) is 13.8. The van der Waals surface area contributed by atoms with Crippen molar-refractivity contribution in [3.8, 4) is 0 Å². The molecule has 0 unspecified atom stereocenters. The van der Waals surface area contributed by atoms with Crippen LogP contribution in [0.4, 0.5) is 15.6 Å². The first-order chi connectivity index (χ1) is 13.0. The van der Waals surface area contributed by atoms with E-state index in [1.807, 2.05) is 0 Å². The molecule has 8 nitrogen and oxygen atoms in total. The van der Waals surface area contributed by atoms with E-state index in [0.29, 0.717) is 28.9 Å². The molecule has 1 aliphatic heterocycles. The average Bonchev–Trinajstić information content (AvgIpc) is 3.22. The van der Waals surface area contributed by atoms with Crippen LogP contribution in [0.3, 0.4) is 0 Å². The Labute approximate surface area is 165 Å². The van der Waals surface area contributed by atoms with E-state index in [4.69, 9.17) is 11.6 Å². The van der Waals surface area contributed by atoms with Gasteiger partial charge < -0.3 is 15.5 Å². The van der Waals surface area contributed by atoms with E-state index >= 15 is 0 Å². The van der Waals surface area contributed by atoms with Crippen molar-refractivity contribution in [3.05, 3.63) is 40.4 Å². The van der Waals surface area contributed by atoms with Gasteiger partial charge in [-0.15, -0.1) is 11.3 Å². The van der Waals surface area contributed by atoms with Crippen molar-refractivity contribution in [1.82, 2.24) is 15.2 Å². The second-order valence-electron chi connectivity index (χ2n) is 5.87. The Bertz CT molecular complexity index is 855. The second kappa shape index (κ2) is 8.36. The Hall–Kier alpha value is -2.65. The number of hydrogen-bond acceptors (Lipinski definition) is 5. The first kappa shape index (κ1) is 19.1. The number of anilines is 2. The molecule has 1 saturated heterocycles. The number of carbonyl (C=O) groups is 3. The van der Waals surface area contributed by atoms with Gasteiger partial charge in [0, 0.05) is 36.2 Å². The van der Waals surface area contributed by atoms with Gasteiger partial charge >= 0.3 is 6.03 Å². The van der Waals surface area contributed by atoms with Crippen molar-refractivity contribution in [3.63, 3.8) is 0 Å². The first-order valence-electron chi connectivity index (χ1n) is 8.23. The Morgan fingerprint density at radius 3 is 2.67 bits per heavy atom. The van der Waals surface area contributed by atoms with Gasteiger partial charge in [0.05, 0.1) is 12.1 Å². The molecule has 0 atom stereocenters. The zero-order chi connectivity index (χ0) is 19.4. The van der Waals surface area contributed by atoms with Crippen LogP contribution in [0, 0.1) is 0 Å². The molecule has 2 N–H and O–H groups in total. The fourth-order valence-electron chi connectivity index (χ4n) is 2.62. The predicted octanol–water partition coefficient (Wildman–Crippen LogP) is 1.97. The minimum Gasteiger partial charge on any atom is -0.359 e. The van der Waals surface area contributed by atoms with Crippen molar-refractivity contribution in [2.45, 2.75) is 6.42 Å². The highest BCUT2D eigenvalue weighted by Gasteiger charge is 2.30. The maximum absolute atomic E-state index is 12.5. The van der Waals surface area contributed by atoms with Gasteiger partial charge in [-0.05, 0) is 24.3 Å². The smallest absolute Gasteiger partial charge is 0.325 e. The maximum Gasteiger partial charge on any atom is 0.325 e. The third-order valence-corrected chi connectivity index (χ3v) is 5.04. The summed E-state index contributed by atoms with van der Waals surface area (Å²) in [6.07, 6.45) is 0.156. The number of benzene rings is 1. The van der Waals surface area contributed by atoms with E-state index in [1.165, 1.54) is 16.2 Å². The molecule has 0 saturated carbocycles. The van der Waals surface area contributed by atoms with Crippen LogP contribution in [0.1, 0.15) is 5.69 Å². The standard InChI is InChI=1S/C17H18ClN5O3S/c1-19-14(24)8-12-10-27-16(20-12)21-15(25)9-22-6-7-23(17(22)26)13-4-2-11(18)3-5-13/h2-5,10H,6-9H2,1H3,(H,19,24)(H,20,21,25). The summed E-state index contributed by atoms with van der Waals surface area (Å²) in [5.74, 6) is -0.481. The number of nitrogens with one attached hydrogen (secondary N) is 2. The van der Waals surface area contributed by atoms with Gasteiger partial charge in [-0.3, -0.25) is 14.5 Å². The molecule has 4 amide bonds. The number of nitrogens with zero attached hydrogens (tertiary/aromatic N) is 3. The first-order valence-corrected chi connectivity index (χ1v) is 9.49. The van der Waals surface area contributed by atoms with Crippen LogP contribution in [0.2, 0.25) is 5.02 Å². The van der Waals surface area contributed by atoms with E-state index < -0.39 is 0 Å². The van der Waals surface area contributed by atoms with Gasteiger partial charge in [0.25, 0.3) is 0 Å². The largest absolute Gasteiger partial charge is 0.359 e. The summed E-state index contributed by atoms with van der Waals surface area (Å²) in [6.45, 7) is 0.892. The summed E-state index contributed by atoms with van der Waals surface area (Å²) in [5, 5.41) is 7.91. The van der Waals surface area contributed by atoms with Gasteiger partial charge in [-0.25, -0.2) is 9.78 Å². The lowest BCUT2D eigenvalue weighted by Crippen LogP contribution is -2.37. The van der Waals surface area contributed by atoms with Crippen LogP contribution < -0.4 is 15.5 Å². The zero-order valence-corrected chi connectivity index (χ0v) is 16.1. The third-order valence-electron chi connectivity index (χ3n) is 3.99. The molecular formula is C17H18ClN5O3S. The van der Waals surface area contributed by atoms with Crippen molar-refractivity contribution in [2.24, 2.45) is 0 Å². The van der Waals surface area contributed by atoms with Crippen molar-refractivity contribution in [2.75, 3.05) is 36.9 Å². The van der Waals surface area contributed by atoms with Crippen LogP contribution in [0.5, 0.6) is 0 Å². The zero-order valence-electron chi connectivity index (χ0n) is 14.6. The number of aromatic nitrogens is 1. The van der Waals surface area contributed by atoms with Crippen LogP contribution in [-0.4, -0.2) is 54.4 Å². The lowest BCUT2D eigenvalue weighted by atomic mass is 10.3. The molecule has 1 aromatic carbocycles. The topological polar surface area (TPSA) is 94.6 Å². The van der Waals surface area contributed by atoms with Crippen LogP contribution >= 0.6 is 22.9 Å². The Morgan fingerprint density at radius 1 is 1.22 bits per heavy atom. The van der Waals surface area contributed by atoms with Gasteiger partial charge in [0.1, 0.15) is 6.54 Å². The highest BCUT2D eigenvalue weighted by Crippen LogP contribution is 2.22. The molecule has 1 aliphatic rings. The summed E-state index contributed by atoms with van der Waals surface area (Å²) in [5.41, 5.74) is 1.33. The number of thiazole rings is 1. The molecule has 0 bridgehead atoms. The van der Waals surface area contributed by atoms with Crippen LogP contribution in [0.25, 0.3) is 0 Å². The summed E-state index contributed by atoms with van der Waals surface area (Å²) < 4.78 is 0. The fraction of sp³-hybridized carbons (Fsp3) is 0.294. The molecule has 1 fully saturated rings. The summed E-state index contributed by atoms with van der Waals surface area (Å²) in [4.78, 5) is 43.4. The molecule has 3 rings (SSSR count). The molecule has 1 aromatic heterocycles. The predicted molar refractivity (Wildman–Crippen MR) is 104 cm³/mol. The number of halogens is 1. The monoisotopic (exact) mass is 407 g/mol. The summed E-state index contributed by atoms with van der Waals surface area (Å²) in [7, 11) is 1.55. The van der Waals surface area contributed by atoms with Gasteiger partial charge in [0.15, 0.2) is 5.13 Å². The minimum atomic E-state index is -0.331. The summed E-state index contributed by atoms with van der Waals surface area (Å²) >= 11 is 7.11. The van der Waals surface area contributed by atoms with Crippen molar-refractivity contribution < 1.29 is 14.4 Å². The maximum atomic E-state index is 12.5. The fourth-order valence-corrected chi connectivity index (χ4v) is 3.47. The average molecular weight is 408 g/mol. The van der Waals surface area contributed by atoms with E-state index in [0.717, 1.165) is 5.69 Å². The van der Waals surface area contributed by atoms with E-state index in [9.17, 15) is 14.4 Å². The van der Waals surface area contributed by atoms with E-state index in [-0.39, 0.29) is 30.8 Å². The lowest BCUT2D eigenvalue weighted by Gasteiger charge is -2.18. The van der Waals surface area contributed by atoms with Crippen molar-refractivity contribution in [1.29, 1.82) is 0 Å². The molecule has 0 aliphatic carbocycles. The van der Waals surface area contributed by atoms with E-state index in [2.05, 4.69) is 15.6 Å². The third kappa shape index (κ3) is 4.75. The Kier molecular flexibility index (Phi) is 5.92. The highest BCUT2D eigenvalue weighted by molar-refractivity contribution is 7.13. The van der Waals surface area contributed by atoms with Gasteiger partial charge in [-0.1, -0.05) is 11.6 Å². The molecule has 142 valence electrons. The molecule has 0 radical (unpaired) electrons. The molecule has 10 heteroatoms. The molecule has 2 aromatic rings. The molecular weight excluding hydrogens is 390 g/mol. The number of amides is 4. The second-order valence-corrected chi connectivity index (χ2v) is 7.17. The Morgan fingerprint density at radius 2 is 1.96 bits per heavy atom. The SMILES string of the molecule is CNC(=O)Cc1csc(NC(=O)CN2CCN(c3ccc(Cl)cc3)C2=O)n1. The Balaban J connectivity index is 1.54. The number of likely N-dealkylation sites (N-methyl/N-ethyl adjacent to an activating group) is 1. The quantitative estimate of drug-likeness (QED) is 0.765. The molecule has 2 heterocycles. The van der Waals surface area contributed by atoms with Gasteiger partial charge in [0.2, 0.25) is 11.8 Å². The highest BCUT2D eigenvalue weighted by atomic mass is 35.5. The number of carbonyl (C=O) groups excluding carboxylic acids is 3. The summed E-state index contributed by atoms with van der Waals surface area (Å²) in [6, 6.07) is 6.75. The van der Waals surface area contributed by atoms with E-state index in [1.54, 1.807) is 41.6 Å². The number of urea groups is 1. The van der Waals surface area contributed by atoms with Crippen LogP contribution in [0.15, 0.2) is 29.6 Å².